The van der Waals surface area contributed by atoms with Crippen molar-refractivity contribution in [3.8, 4) is 0 Å². The first-order valence-electron chi connectivity index (χ1n) is 6.16. The minimum Gasteiger partial charge on any atom is -0.393 e. The fraction of sp³-hybridized carbons (Fsp3) is 0.917. The van der Waals surface area contributed by atoms with Gasteiger partial charge in [-0.2, -0.15) is 0 Å². The molecule has 0 aromatic rings. The molecule has 1 heterocycles. The van der Waals surface area contributed by atoms with E-state index in [1.54, 1.807) is 0 Å². The molecule has 1 aliphatic rings. The topological polar surface area (TPSA) is 40.5 Å². The standard InChI is InChI=1S/C12H23NO2/c1-11(14)7-4-6-10-13-9-5-2-3-8-12(13)15/h11,14H,2-10H2,1H3. The maximum atomic E-state index is 11.6. The van der Waals surface area contributed by atoms with Gasteiger partial charge in [-0.1, -0.05) is 6.42 Å². The number of rotatable bonds is 5. The van der Waals surface area contributed by atoms with E-state index in [0.717, 1.165) is 51.6 Å². The van der Waals surface area contributed by atoms with Gasteiger partial charge in [0.05, 0.1) is 6.10 Å². The Hall–Kier alpha value is -0.570. The summed E-state index contributed by atoms with van der Waals surface area (Å²) in [5, 5.41) is 9.11. The van der Waals surface area contributed by atoms with Crippen LogP contribution in [0, 0.1) is 0 Å². The molecule has 1 rings (SSSR count). The van der Waals surface area contributed by atoms with Crippen molar-refractivity contribution in [1.29, 1.82) is 0 Å². The summed E-state index contributed by atoms with van der Waals surface area (Å²) in [7, 11) is 0. The minimum absolute atomic E-state index is 0.204. The summed E-state index contributed by atoms with van der Waals surface area (Å²) >= 11 is 0. The van der Waals surface area contributed by atoms with Gasteiger partial charge < -0.3 is 10.0 Å². The fourth-order valence-corrected chi connectivity index (χ4v) is 2.02. The van der Waals surface area contributed by atoms with Crippen LogP contribution < -0.4 is 0 Å². The molecule has 88 valence electrons. The zero-order chi connectivity index (χ0) is 11.1. The molecule has 0 aromatic carbocycles. The molecule has 0 radical (unpaired) electrons. The molecule has 0 aliphatic carbocycles. The SMILES string of the molecule is CC(O)CCCCN1CCCCCC1=O. The Morgan fingerprint density at radius 2 is 2.13 bits per heavy atom. The van der Waals surface area contributed by atoms with E-state index in [2.05, 4.69) is 0 Å². The number of carbonyl (C=O) groups is 1. The van der Waals surface area contributed by atoms with Gasteiger partial charge in [-0.15, -0.1) is 0 Å². The summed E-state index contributed by atoms with van der Waals surface area (Å²) < 4.78 is 0. The van der Waals surface area contributed by atoms with Crippen LogP contribution >= 0.6 is 0 Å². The molecule has 1 N–H and O–H groups in total. The summed E-state index contributed by atoms with van der Waals surface area (Å²) in [6.45, 7) is 3.64. The second kappa shape index (κ2) is 6.83. The number of amides is 1. The molecule has 1 saturated heterocycles. The summed E-state index contributed by atoms with van der Waals surface area (Å²) in [5.74, 6) is 0.324. The molecule has 0 aromatic heterocycles. The van der Waals surface area contributed by atoms with E-state index in [4.69, 9.17) is 5.11 Å². The first kappa shape index (κ1) is 12.5. The summed E-state index contributed by atoms with van der Waals surface area (Å²) in [5.41, 5.74) is 0. The normalized spacial score (nSPS) is 20.1. The van der Waals surface area contributed by atoms with E-state index in [1.165, 1.54) is 6.42 Å². The predicted octanol–water partition coefficient (Wildman–Crippen LogP) is 1.94. The van der Waals surface area contributed by atoms with Crippen LogP contribution in [0.1, 0.15) is 51.9 Å². The van der Waals surface area contributed by atoms with Gasteiger partial charge in [0.15, 0.2) is 0 Å². The van der Waals surface area contributed by atoms with Crippen LogP contribution in [0.4, 0.5) is 0 Å². The Morgan fingerprint density at radius 1 is 1.33 bits per heavy atom. The highest BCUT2D eigenvalue weighted by Gasteiger charge is 2.15. The van der Waals surface area contributed by atoms with E-state index < -0.39 is 0 Å². The lowest BCUT2D eigenvalue weighted by atomic mass is 10.1. The van der Waals surface area contributed by atoms with Gasteiger partial charge in [-0.25, -0.2) is 0 Å². The monoisotopic (exact) mass is 213 g/mol. The van der Waals surface area contributed by atoms with E-state index in [0.29, 0.717) is 5.91 Å². The van der Waals surface area contributed by atoms with Crippen molar-refractivity contribution < 1.29 is 9.90 Å². The van der Waals surface area contributed by atoms with Gasteiger partial charge >= 0.3 is 0 Å². The summed E-state index contributed by atoms with van der Waals surface area (Å²) in [4.78, 5) is 13.6. The molecule has 1 aliphatic heterocycles. The molecule has 15 heavy (non-hydrogen) atoms. The van der Waals surface area contributed by atoms with Crippen LogP contribution in [0.2, 0.25) is 0 Å². The summed E-state index contributed by atoms with van der Waals surface area (Å²) in [6, 6.07) is 0. The lowest BCUT2D eigenvalue weighted by molar-refractivity contribution is -0.130. The average Bonchev–Trinajstić information content (AvgIpc) is 2.38. The third-order valence-electron chi connectivity index (χ3n) is 2.97. The molecule has 1 atom stereocenters. The summed E-state index contributed by atoms with van der Waals surface area (Å²) in [6.07, 6.45) is 6.82. The zero-order valence-electron chi connectivity index (χ0n) is 9.74. The zero-order valence-corrected chi connectivity index (χ0v) is 9.74. The number of unbranched alkanes of at least 4 members (excludes halogenated alkanes) is 1. The second-order valence-corrected chi connectivity index (χ2v) is 4.54. The highest BCUT2D eigenvalue weighted by molar-refractivity contribution is 5.76. The van der Waals surface area contributed by atoms with Crippen molar-refractivity contribution in [2.75, 3.05) is 13.1 Å². The second-order valence-electron chi connectivity index (χ2n) is 4.54. The van der Waals surface area contributed by atoms with Crippen LogP contribution in [0.5, 0.6) is 0 Å². The van der Waals surface area contributed by atoms with Crippen LogP contribution in [-0.4, -0.2) is 35.1 Å². The largest absolute Gasteiger partial charge is 0.393 e. The highest BCUT2D eigenvalue weighted by atomic mass is 16.3. The van der Waals surface area contributed by atoms with Crippen molar-refractivity contribution in [1.82, 2.24) is 4.90 Å². The quantitative estimate of drug-likeness (QED) is 0.709. The molecular weight excluding hydrogens is 190 g/mol. The van der Waals surface area contributed by atoms with Gasteiger partial charge in [0.1, 0.15) is 0 Å². The highest BCUT2D eigenvalue weighted by Crippen LogP contribution is 2.12. The Kier molecular flexibility index (Phi) is 5.69. The van der Waals surface area contributed by atoms with Crippen LogP contribution in [0.3, 0.4) is 0 Å². The maximum absolute atomic E-state index is 11.6. The third kappa shape index (κ3) is 5.17. The Labute approximate surface area is 92.5 Å². The van der Waals surface area contributed by atoms with Crippen LogP contribution in [0.15, 0.2) is 0 Å². The average molecular weight is 213 g/mol. The minimum atomic E-state index is -0.204. The number of carbonyl (C=O) groups excluding carboxylic acids is 1. The van der Waals surface area contributed by atoms with Gasteiger partial charge in [-0.3, -0.25) is 4.79 Å². The molecule has 1 amide bonds. The lowest BCUT2D eigenvalue weighted by Crippen LogP contribution is -2.31. The predicted molar refractivity (Wildman–Crippen MR) is 60.6 cm³/mol. The van der Waals surface area contributed by atoms with Crippen molar-refractivity contribution >= 4 is 5.91 Å². The van der Waals surface area contributed by atoms with Crippen molar-refractivity contribution in [2.24, 2.45) is 0 Å². The number of hydrogen-bond donors (Lipinski definition) is 1. The molecule has 1 fully saturated rings. The third-order valence-corrected chi connectivity index (χ3v) is 2.97. The van der Waals surface area contributed by atoms with Gasteiger partial charge in [0, 0.05) is 19.5 Å². The van der Waals surface area contributed by atoms with Crippen molar-refractivity contribution in [3.63, 3.8) is 0 Å². The number of nitrogens with zero attached hydrogens (tertiary/aromatic N) is 1. The van der Waals surface area contributed by atoms with Crippen molar-refractivity contribution in [2.45, 2.75) is 58.0 Å². The Morgan fingerprint density at radius 3 is 2.87 bits per heavy atom. The van der Waals surface area contributed by atoms with Gasteiger partial charge in [0.25, 0.3) is 0 Å². The first-order chi connectivity index (χ1) is 7.20. The molecule has 1 unspecified atom stereocenters. The van der Waals surface area contributed by atoms with E-state index in [9.17, 15) is 4.79 Å². The van der Waals surface area contributed by atoms with Gasteiger partial charge in [-0.05, 0) is 39.0 Å². The smallest absolute Gasteiger partial charge is 0.222 e. The molecule has 3 heteroatoms. The van der Waals surface area contributed by atoms with Crippen LogP contribution in [-0.2, 0) is 4.79 Å². The van der Waals surface area contributed by atoms with E-state index in [-0.39, 0.29) is 6.10 Å². The number of aliphatic hydroxyl groups is 1. The fourth-order valence-electron chi connectivity index (χ4n) is 2.02. The van der Waals surface area contributed by atoms with E-state index in [1.807, 2.05) is 11.8 Å². The molecular formula is C12H23NO2. The first-order valence-corrected chi connectivity index (χ1v) is 6.16. The van der Waals surface area contributed by atoms with Gasteiger partial charge in [0.2, 0.25) is 5.91 Å². The maximum Gasteiger partial charge on any atom is 0.222 e. The van der Waals surface area contributed by atoms with E-state index >= 15 is 0 Å². The molecule has 0 bridgehead atoms. The molecule has 0 saturated carbocycles. The van der Waals surface area contributed by atoms with Crippen molar-refractivity contribution in [3.05, 3.63) is 0 Å². The number of likely N-dealkylation sites (tertiary alicyclic amines) is 1. The Balaban J connectivity index is 2.15. The van der Waals surface area contributed by atoms with Crippen LogP contribution in [0.25, 0.3) is 0 Å². The Bertz CT molecular complexity index is 192. The molecule has 0 spiro atoms. The lowest BCUT2D eigenvalue weighted by Gasteiger charge is -2.20. The number of hydrogen-bond acceptors (Lipinski definition) is 2. The number of aliphatic hydroxyl groups excluding tert-OH is 1. The molecule has 3 nitrogen and oxygen atoms in total.